The quantitative estimate of drug-likeness (QED) is 0.236. The largest absolute Gasteiger partial charge is 0.495 e. The second kappa shape index (κ2) is 15.9. The van der Waals surface area contributed by atoms with Crippen molar-refractivity contribution in [3.8, 4) is 5.75 Å². The highest BCUT2D eigenvalue weighted by molar-refractivity contribution is 7.92. The number of halogens is 1. The van der Waals surface area contributed by atoms with Gasteiger partial charge >= 0.3 is 0 Å². The molecule has 0 aliphatic heterocycles. The van der Waals surface area contributed by atoms with Crippen LogP contribution >= 0.6 is 0 Å². The van der Waals surface area contributed by atoms with E-state index in [2.05, 4.69) is 5.32 Å². The molecule has 0 aromatic heterocycles. The van der Waals surface area contributed by atoms with Crippen LogP contribution in [0.15, 0.2) is 78.9 Å². The van der Waals surface area contributed by atoms with Gasteiger partial charge in [0.1, 0.15) is 17.6 Å². The number of hydrogen-bond acceptors (Lipinski definition) is 5. The van der Waals surface area contributed by atoms with Gasteiger partial charge in [-0.15, -0.1) is 0 Å². The molecule has 0 spiro atoms. The van der Waals surface area contributed by atoms with E-state index in [0.717, 1.165) is 24.7 Å². The summed E-state index contributed by atoms with van der Waals surface area (Å²) in [5, 5.41) is 2.97. The molecule has 3 aromatic rings. The fourth-order valence-electron chi connectivity index (χ4n) is 4.66. The lowest BCUT2D eigenvalue weighted by atomic mass is 10.0. The molecule has 10 heteroatoms. The Morgan fingerprint density at radius 2 is 1.60 bits per heavy atom. The third-order valence-corrected chi connectivity index (χ3v) is 8.05. The summed E-state index contributed by atoms with van der Waals surface area (Å²) in [7, 11) is -2.21. The van der Waals surface area contributed by atoms with Crippen molar-refractivity contribution in [3.05, 3.63) is 95.8 Å². The van der Waals surface area contributed by atoms with Crippen LogP contribution in [0.2, 0.25) is 0 Å². The lowest BCUT2D eigenvalue weighted by Gasteiger charge is -2.32. The predicted octanol–water partition coefficient (Wildman–Crippen LogP) is 4.94. The first kappa shape index (κ1) is 32.6. The molecule has 0 heterocycles. The maximum Gasteiger partial charge on any atom is 0.243 e. The molecule has 2 amide bonds. The van der Waals surface area contributed by atoms with Crippen molar-refractivity contribution in [3.63, 3.8) is 0 Å². The van der Waals surface area contributed by atoms with Gasteiger partial charge in [-0.1, -0.05) is 67.9 Å². The van der Waals surface area contributed by atoms with Gasteiger partial charge in [-0.25, -0.2) is 12.8 Å². The summed E-state index contributed by atoms with van der Waals surface area (Å²) in [5.74, 6) is -0.570. The van der Waals surface area contributed by atoms with Gasteiger partial charge < -0.3 is 15.0 Å². The minimum absolute atomic E-state index is 0.00407. The molecule has 0 bridgehead atoms. The summed E-state index contributed by atoms with van der Waals surface area (Å²) < 4.78 is 45.6. The third-order valence-electron chi connectivity index (χ3n) is 6.87. The van der Waals surface area contributed by atoms with Crippen LogP contribution in [0.25, 0.3) is 0 Å². The van der Waals surface area contributed by atoms with E-state index < -0.39 is 21.9 Å². The molecule has 1 atom stereocenters. The van der Waals surface area contributed by atoms with Gasteiger partial charge in [0.2, 0.25) is 21.8 Å². The van der Waals surface area contributed by atoms with Crippen molar-refractivity contribution in [2.45, 2.75) is 51.6 Å². The van der Waals surface area contributed by atoms with E-state index in [9.17, 15) is 22.4 Å². The molecule has 0 radical (unpaired) electrons. The number of rotatable bonds is 16. The molecular weight excluding hydrogens is 557 g/mol. The van der Waals surface area contributed by atoms with Gasteiger partial charge in [0, 0.05) is 32.5 Å². The fraction of sp³-hybridized carbons (Fsp3) is 0.375. The molecule has 42 heavy (non-hydrogen) atoms. The maximum atomic E-state index is 13.9. The Kier molecular flexibility index (Phi) is 12.3. The Morgan fingerprint density at radius 3 is 2.24 bits per heavy atom. The zero-order chi connectivity index (χ0) is 30.5. The normalized spacial score (nSPS) is 11.9. The molecule has 1 unspecified atom stereocenters. The Bertz CT molecular complexity index is 1400. The van der Waals surface area contributed by atoms with Gasteiger partial charge in [0.15, 0.2) is 0 Å². The second-order valence-electron chi connectivity index (χ2n) is 10.1. The SMILES string of the molecule is CCCCNC(=O)C(Cc1ccccc1)N(Cc1ccc(F)cc1)C(=O)CCCN(c1ccccc1OC)S(C)(=O)=O. The summed E-state index contributed by atoms with van der Waals surface area (Å²) in [6.07, 6.45) is 3.32. The Labute approximate surface area is 248 Å². The van der Waals surface area contributed by atoms with E-state index in [1.807, 2.05) is 37.3 Å². The van der Waals surface area contributed by atoms with Crippen molar-refractivity contribution in [2.75, 3.05) is 30.8 Å². The molecule has 0 saturated heterocycles. The van der Waals surface area contributed by atoms with Gasteiger partial charge in [0.05, 0.1) is 19.1 Å². The van der Waals surface area contributed by atoms with Gasteiger partial charge in [-0.3, -0.25) is 13.9 Å². The molecule has 3 aromatic carbocycles. The highest BCUT2D eigenvalue weighted by atomic mass is 32.2. The van der Waals surface area contributed by atoms with Crippen LogP contribution in [-0.4, -0.2) is 57.6 Å². The molecule has 0 aliphatic rings. The Morgan fingerprint density at radius 1 is 0.929 bits per heavy atom. The van der Waals surface area contributed by atoms with Crippen molar-refractivity contribution in [2.24, 2.45) is 0 Å². The minimum atomic E-state index is -3.68. The summed E-state index contributed by atoms with van der Waals surface area (Å²) in [6.45, 7) is 2.66. The van der Waals surface area contributed by atoms with Crippen molar-refractivity contribution < 1.29 is 27.1 Å². The first-order valence-electron chi connectivity index (χ1n) is 14.1. The van der Waals surface area contributed by atoms with Crippen LogP contribution in [0, 0.1) is 5.82 Å². The van der Waals surface area contributed by atoms with E-state index in [-0.39, 0.29) is 37.7 Å². The van der Waals surface area contributed by atoms with E-state index in [4.69, 9.17) is 4.74 Å². The van der Waals surface area contributed by atoms with Crippen LogP contribution in [0.1, 0.15) is 43.7 Å². The monoisotopic (exact) mass is 597 g/mol. The lowest BCUT2D eigenvalue weighted by molar-refractivity contribution is -0.141. The zero-order valence-electron chi connectivity index (χ0n) is 24.5. The number of unbranched alkanes of at least 4 members (excludes halogenated alkanes) is 1. The number of para-hydroxylation sites is 2. The number of amides is 2. The maximum absolute atomic E-state index is 13.9. The van der Waals surface area contributed by atoms with Crippen LogP contribution < -0.4 is 14.4 Å². The van der Waals surface area contributed by atoms with Crippen molar-refractivity contribution >= 4 is 27.5 Å². The topological polar surface area (TPSA) is 96.0 Å². The highest BCUT2D eigenvalue weighted by Crippen LogP contribution is 2.30. The Hall–Kier alpha value is -3.92. The molecule has 0 aliphatic carbocycles. The number of anilines is 1. The molecule has 0 fully saturated rings. The first-order valence-corrected chi connectivity index (χ1v) is 15.9. The number of sulfonamides is 1. The average molecular weight is 598 g/mol. The number of carbonyl (C=O) groups excluding carboxylic acids is 2. The van der Waals surface area contributed by atoms with E-state index in [1.54, 1.807) is 36.4 Å². The van der Waals surface area contributed by atoms with Crippen molar-refractivity contribution in [1.82, 2.24) is 10.2 Å². The Balaban J connectivity index is 1.88. The molecular formula is C32H40FN3O5S. The molecule has 0 saturated carbocycles. The number of carbonyl (C=O) groups is 2. The third kappa shape index (κ3) is 9.58. The second-order valence-corrected chi connectivity index (χ2v) is 12.0. The number of nitrogens with zero attached hydrogens (tertiary/aromatic N) is 2. The van der Waals surface area contributed by atoms with E-state index in [0.29, 0.717) is 30.0 Å². The smallest absolute Gasteiger partial charge is 0.243 e. The van der Waals surface area contributed by atoms with Crippen LogP contribution in [0.5, 0.6) is 5.75 Å². The first-order chi connectivity index (χ1) is 20.1. The van der Waals surface area contributed by atoms with Gasteiger partial charge in [-0.2, -0.15) is 0 Å². The summed E-state index contributed by atoms with van der Waals surface area (Å²) in [4.78, 5) is 28.9. The summed E-state index contributed by atoms with van der Waals surface area (Å²) in [6, 6.07) is 21.3. The number of nitrogens with one attached hydrogen (secondary N) is 1. The molecule has 8 nitrogen and oxygen atoms in total. The molecule has 1 N–H and O–H groups in total. The molecule has 226 valence electrons. The van der Waals surface area contributed by atoms with Gasteiger partial charge in [0.25, 0.3) is 0 Å². The number of methoxy groups -OCH3 is 1. The number of benzene rings is 3. The predicted molar refractivity (Wildman–Crippen MR) is 163 cm³/mol. The van der Waals surface area contributed by atoms with Crippen LogP contribution in [0.3, 0.4) is 0 Å². The summed E-state index contributed by atoms with van der Waals surface area (Å²) >= 11 is 0. The molecule has 3 rings (SSSR count). The van der Waals surface area contributed by atoms with Gasteiger partial charge in [-0.05, 0) is 48.2 Å². The number of hydrogen-bond donors (Lipinski definition) is 1. The van der Waals surface area contributed by atoms with E-state index >= 15 is 0 Å². The summed E-state index contributed by atoms with van der Waals surface area (Å²) in [5.41, 5.74) is 1.95. The minimum Gasteiger partial charge on any atom is -0.495 e. The van der Waals surface area contributed by atoms with Crippen LogP contribution in [0.4, 0.5) is 10.1 Å². The van der Waals surface area contributed by atoms with E-state index in [1.165, 1.54) is 28.4 Å². The highest BCUT2D eigenvalue weighted by Gasteiger charge is 2.30. The average Bonchev–Trinajstić information content (AvgIpc) is 2.98. The number of ether oxygens (including phenoxy) is 1. The lowest BCUT2D eigenvalue weighted by Crippen LogP contribution is -2.50. The van der Waals surface area contributed by atoms with Crippen LogP contribution in [-0.2, 0) is 32.6 Å². The van der Waals surface area contributed by atoms with Crippen molar-refractivity contribution in [1.29, 1.82) is 0 Å². The fourth-order valence-corrected chi connectivity index (χ4v) is 5.63. The standard InChI is InChI=1S/C32H40FN3O5S/c1-4-5-21-34-32(38)29(23-25-12-7-6-8-13-25)35(24-26-17-19-27(33)20-18-26)31(37)16-11-22-36(42(3,39)40)28-14-9-10-15-30(28)41-2/h6-10,12-15,17-20,29H,4-5,11,16,21-24H2,1-3H3,(H,34,38). The zero-order valence-corrected chi connectivity index (χ0v) is 25.3.